The van der Waals surface area contributed by atoms with Gasteiger partial charge in [-0.1, -0.05) is 12.8 Å². The van der Waals surface area contributed by atoms with Crippen LogP contribution in [0.5, 0.6) is 0 Å². The third-order valence-electron chi connectivity index (χ3n) is 6.02. The van der Waals surface area contributed by atoms with Crippen molar-refractivity contribution in [1.82, 2.24) is 19.8 Å². The van der Waals surface area contributed by atoms with Crippen LogP contribution in [-0.2, 0) is 9.59 Å². The highest BCUT2D eigenvalue weighted by Crippen LogP contribution is 2.22. The molecule has 1 aromatic carbocycles. The number of nitrogens with zero attached hydrogens (tertiary/aromatic N) is 2. The molecule has 3 N–H and O–H groups in total. The standard InChI is InChI=1S/C21H29N5O3/c27-19(22-16-5-6-17-18(13-16)24-21(29)23-17)14-25-11-7-15(8-12-25)20(28)26-9-3-1-2-4-10-26/h5-6,13,15H,1-4,7-12,14H2,(H,22,27)(H2,23,24,29). The predicted octanol–water partition coefficient (Wildman–Crippen LogP) is 1.91. The smallest absolute Gasteiger partial charge is 0.323 e. The summed E-state index contributed by atoms with van der Waals surface area (Å²) in [6.45, 7) is 3.65. The molecule has 2 fully saturated rings. The number of piperidine rings is 1. The topological polar surface area (TPSA) is 101 Å². The van der Waals surface area contributed by atoms with Crippen LogP contribution in [0.3, 0.4) is 0 Å². The zero-order valence-corrected chi connectivity index (χ0v) is 16.7. The van der Waals surface area contributed by atoms with Crippen LogP contribution in [0.25, 0.3) is 11.0 Å². The number of hydrogen-bond donors (Lipinski definition) is 3. The number of nitrogens with one attached hydrogen (secondary N) is 3. The molecule has 8 nitrogen and oxygen atoms in total. The molecule has 3 heterocycles. The SMILES string of the molecule is O=C(CN1CCC(C(=O)N2CCCCCC2)CC1)Nc1ccc2[nH]c(=O)[nH]c2c1. The van der Waals surface area contributed by atoms with Gasteiger partial charge in [0.05, 0.1) is 17.6 Å². The third-order valence-corrected chi connectivity index (χ3v) is 6.02. The number of H-pyrrole nitrogens is 2. The quantitative estimate of drug-likeness (QED) is 0.731. The van der Waals surface area contributed by atoms with Crippen LogP contribution >= 0.6 is 0 Å². The second-order valence-electron chi connectivity index (χ2n) is 8.18. The van der Waals surface area contributed by atoms with Gasteiger partial charge in [-0.15, -0.1) is 0 Å². The first-order valence-corrected chi connectivity index (χ1v) is 10.6. The summed E-state index contributed by atoms with van der Waals surface area (Å²) in [4.78, 5) is 46.1. The Morgan fingerprint density at radius 3 is 2.38 bits per heavy atom. The molecule has 1 aromatic heterocycles. The van der Waals surface area contributed by atoms with Crippen molar-refractivity contribution in [3.63, 3.8) is 0 Å². The van der Waals surface area contributed by atoms with Crippen LogP contribution in [0.1, 0.15) is 38.5 Å². The lowest BCUT2D eigenvalue weighted by molar-refractivity contribution is -0.137. The highest BCUT2D eigenvalue weighted by Gasteiger charge is 2.29. The molecule has 2 saturated heterocycles. The lowest BCUT2D eigenvalue weighted by Crippen LogP contribution is -2.44. The molecule has 0 radical (unpaired) electrons. The fourth-order valence-corrected chi connectivity index (χ4v) is 4.40. The van der Waals surface area contributed by atoms with Gasteiger partial charge < -0.3 is 20.2 Å². The molecule has 29 heavy (non-hydrogen) atoms. The number of benzene rings is 1. The second-order valence-corrected chi connectivity index (χ2v) is 8.18. The van der Waals surface area contributed by atoms with Gasteiger partial charge in [0.1, 0.15) is 0 Å². The van der Waals surface area contributed by atoms with Crippen molar-refractivity contribution >= 4 is 28.5 Å². The second kappa shape index (κ2) is 8.82. The minimum absolute atomic E-state index is 0.0838. The van der Waals surface area contributed by atoms with Gasteiger partial charge in [0, 0.05) is 24.7 Å². The van der Waals surface area contributed by atoms with Crippen molar-refractivity contribution in [2.24, 2.45) is 5.92 Å². The summed E-state index contributed by atoms with van der Waals surface area (Å²) >= 11 is 0. The normalized spacial score (nSPS) is 19.2. The number of imidazole rings is 1. The lowest BCUT2D eigenvalue weighted by Gasteiger charge is -2.33. The summed E-state index contributed by atoms with van der Waals surface area (Å²) in [5.74, 6) is 0.324. The number of carbonyl (C=O) groups is 2. The van der Waals surface area contributed by atoms with E-state index in [0.29, 0.717) is 29.2 Å². The number of rotatable bonds is 4. The molecule has 0 spiro atoms. The molecule has 4 rings (SSSR count). The fourth-order valence-electron chi connectivity index (χ4n) is 4.40. The van der Waals surface area contributed by atoms with Crippen molar-refractivity contribution in [2.45, 2.75) is 38.5 Å². The maximum atomic E-state index is 12.8. The number of hydrogen-bond acceptors (Lipinski definition) is 4. The fraction of sp³-hybridized carbons (Fsp3) is 0.571. The summed E-state index contributed by atoms with van der Waals surface area (Å²) in [6.07, 6.45) is 6.33. The number of aromatic amines is 2. The van der Waals surface area contributed by atoms with Gasteiger partial charge in [-0.3, -0.25) is 14.5 Å². The summed E-state index contributed by atoms with van der Waals surface area (Å²) in [5.41, 5.74) is 1.77. The minimum Gasteiger partial charge on any atom is -0.342 e. The van der Waals surface area contributed by atoms with Crippen molar-refractivity contribution < 1.29 is 9.59 Å². The summed E-state index contributed by atoms with van der Waals surface area (Å²) in [5, 5.41) is 2.89. The Morgan fingerprint density at radius 1 is 0.966 bits per heavy atom. The van der Waals surface area contributed by atoms with Crippen LogP contribution in [0.4, 0.5) is 5.69 Å². The Hall–Kier alpha value is -2.61. The minimum atomic E-state index is -0.263. The van der Waals surface area contributed by atoms with Crippen LogP contribution < -0.4 is 11.0 Å². The van der Waals surface area contributed by atoms with Crippen molar-refractivity contribution in [1.29, 1.82) is 0 Å². The Bertz CT molecular complexity index is 918. The average Bonchev–Trinajstić information content (AvgIpc) is 2.90. The zero-order chi connectivity index (χ0) is 20.2. The molecular weight excluding hydrogens is 370 g/mol. The van der Waals surface area contributed by atoms with E-state index in [1.54, 1.807) is 18.2 Å². The van der Waals surface area contributed by atoms with Crippen LogP contribution in [0.2, 0.25) is 0 Å². The summed E-state index contributed by atoms with van der Waals surface area (Å²) in [7, 11) is 0. The van der Waals surface area contributed by atoms with Crippen molar-refractivity contribution in [3.05, 3.63) is 28.7 Å². The largest absolute Gasteiger partial charge is 0.342 e. The Balaban J connectivity index is 1.25. The first-order valence-electron chi connectivity index (χ1n) is 10.6. The van der Waals surface area contributed by atoms with E-state index in [2.05, 4.69) is 25.1 Å². The monoisotopic (exact) mass is 399 g/mol. The van der Waals surface area contributed by atoms with Crippen LogP contribution in [0, 0.1) is 5.92 Å². The number of amides is 2. The van der Waals surface area contributed by atoms with Gasteiger partial charge in [0.2, 0.25) is 11.8 Å². The van der Waals surface area contributed by atoms with Crippen molar-refractivity contribution in [2.75, 3.05) is 38.0 Å². The number of fused-ring (bicyclic) bond motifs is 1. The first kappa shape index (κ1) is 19.7. The Labute approximate surface area is 169 Å². The Kier molecular flexibility index (Phi) is 5.99. The highest BCUT2D eigenvalue weighted by molar-refractivity contribution is 5.94. The molecule has 0 saturated carbocycles. The molecule has 2 aliphatic rings. The number of aromatic nitrogens is 2. The molecule has 156 valence electrons. The van der Waals surface area contributed by atoms with E-state index >= 15 is 0 Å². The van der Waals surface area contributed by atoms with Gasteiger partial charge in [0.15, 0.2) is 0 Å². The van der Waals surface area contributed by atoms with Gasteiger partial charge in [0.25, 0.3) is 0 Å². The van der Waals surface area contributed by atoms with E-state index in [-0.39, 0.29) is 17.5 Å². The van der Waals surface area contributed by atoms with E-state index in [1.807, 2.05) is 0 Å². The Morgan fingerprint density at radius 2 is 1.66 bits per heavy atom. The molecule has 0 aliphatic carbocycles. The third kappa shape index (κ3) is 4.87. The summed E-state index contributed by atoms with van der Waals surface area (Å²) < 4.78 is 0. The molecule has 8 heteroatoms. The lowest BCUT2D eigenvalue weighted by atomic mass is 9.95. The van der Waals surface area contributed by atoms with Gasteiger partial charge >= 0.3 is 5.69 Å². The molecular formula is C21H29N5O3. The van der Waals surface area contributed by atoms with E-state index in [1.165, 1.54) is 12.8 Å². The van der Waals surface area contributed by atoms with E-state index in [0.717, 1.165) is 51.9 Å². The number of carbonyl (C=O) groups excluding carboxylic acids is 2. The van der Waals surface area contributed by atoms with Crippen molar-refractivity contribution in [3.8, 4) is 0 Å². The van der Waals surface area contributed by atoms with Gasteiger partial charge in [-0.05, 0) is 57.0 Å². The first-order chi connectivity index (χ1) is 14.1. The average molecular weight is 399 g/mol. The zero-order valence-electron chi connectivity index (χ0n) is 16.7. The molecule has 0 unspecified atom stereocenters. The molecule has 0 bridgehead atoms. The number of anilines is 1. The number of likely N-dealkylation sites (tertiary alicyclic amines) is 2. The maximum Gasteiger partial charge on any atom is 0.323 e. The van der Waals surface area contributed by atoms with E-state index in [4.69, 9.17) is 0 Å². The molecule has 2 aromatic rings. The highest BCUT2D eigenvalue weighted by atomic mass is 16.2. The van der Waals surface area contributed by atoms with Crippen LogP contribution in [0.15, 0.2) is 23.0 Å². The van der Waals surface area contributed by atoms with Gasteiger partial charge in [-0.2, -0.15) is 0 Å². The van der Waals surface area contributed by atoms with Crippen LogP contribution in [-0.4, -0.2) is 64.3 Å². The van der Waals surface area contributed by atoms with E-state index < -0.39 is 0 Å². The molecule has 2 aliphatic heterocycles. The maximum absolute atomic E-state index is 12.8. The molecule has 2 amide bonds. The van der Waals surface area contributed by atoms with E-state index in [9.17, 15) is 14.4 Å². The summed E-state index contributed by atoms with van der Waals surface area (Å²) in [6, 6.07) is 5.29. The molecule has 0 atom stereocenters. The predicted molar refractivity (Wildman–Crippen MR) is 112 cm³/mol. The van der Waals surface area contributed by atoms with Gasteiger partial charge in [-0.25, -0.2) is 4.79 Å².